The van der Waals surface area contributed by atoms with E-state index in [0.717, 1.165) is 37.6 Å². The molecule has 0 aliphatic heterocycles. The quantitative estimate of drug-likeness (QED) is 0.128. The second-order valence-electron chi connectivity index (χ2n) is 16.0. The zero-order valence-corrected chi connectivity index (χ0v) is 40.7. The highest BCUT2D eigenvalue weighted by atomic mass is 79.9. The van der Waals surface area contributed by atoms with Crippen LogP contribution in [-0.4, -0.2) is 74.1 Å². The maximum Gasteiger partial charge on any atom is 0.410 e. The molecule has 0 fully saturated rings. The number of nitriles is 1. The Hall–Kier alpha value is -5.45. The molecule has 0 unspecified atom stereocenters. The number of rotatable bonds is 10. The van der Waals surface area contributed by atoms with E-state index in [-0.39, 0.29) is 31.3 Å². The Bertz CT molecular complexity index is 2850. The molecular weight excluding hydrogens is 947 g/mol. The zero-order valence-electron chi connectivity index (χ0n) is 35.8. The smallest absolute Gasteiger partial charge is 0.410 e. The SMILES string of the molecule is CN(Cc1cc(-c2ccccc2Br)c(S(=O)(=O)c2cccnc2)s1)C(=O)OC(C)(C)C.CN(Cc1cc(-c2ccccc2C#N)c(S(=O)(=O)c2cccnc2)s1)C(=O)OC(C)(C)C. The molecule has 4 heterocycles. The van der Waals surface area contributed by atoms with Gasteiger partial charge in [0.15, 0.2) is 0 Å². The van der Waals surface area contributed by atoms with Crippen molar-refractivity contribution in [1.29, 1.82) is 5.26 Å². The van der Waals surface area contributed by atoms with Gasteiger partial charge in [-0.25, -0.2) is 26.4 Å². The molecule has 0 aliphatic rings. The molecule has 18 heteroatoms. The van der Waals surface area contributed by atoms with E-state index >= 15 is 0 Å². The lowest BCUT2D eigenvalue weighted by molar-refractivity contribution is 0.0277. The molecule has 2 amide bonds. The van der Waals surface area contributed by atoms with Crippen molar-refractivity contribution in [2.24, 2.45) is 0 Å². The third-order valence-corrected chi connectivity index (χ3v) is 16.1. The number of benzene rings is 2. The minimum atomic E-state index is -3.89. The van der Waals surface area contributed by atoms with Crippen molar-refractivity contribution in [2.75, 3.05) is 14.1 Å². The molecule has 2 aromatic carbocycles. The number of carbonyl (C=O) groups is 2. The summed E-state index contributed by atoms with van der Waals surface area (Å²) in [4.78, 5) is 37.0. The summed E-state index contributed by atoms with van der Waals surface area (Å²) in [6.45, 7) is 11.1. The van der Waals surface area contributed by atoms with Gasteiger partial charge in [0.25, 0.3) is 0 Å². The average molecular weight is 993 g/mol. The number of hydrogen-bond donors (Lipinski definition) is 0. The lowest BCUT2D eigenvalue weighted by atomic mass is 10.0. The van der Waals surface area contributed by atoms with Crippen molar-refractivity contribution >= 4 is 70.5 Å². The monoisotopic (exact) mass is 991 g/mol. The summed E-state index contributed by atoms with van der Waals surface area (Å²) >= 11 is 5.73. The molecule has 0 saturated carbocycles. The van der Waals surface area contributed by atoms with Gasteiger partial charge in [-0.05, 0) is 95.6 Å². The molecule has 0 saturated heterocycles. The van der Waals surface area contributed by atoms with Crippen LogP contribution in [-0.2, 0) is 42.2 Å². The highest BCUT2D eigenvalue weighted by Gasteiger charge is 2.30. The van der Waals surface area contributed by atoms with Crippen LogP contribution in [0.2, 0.25) is 0 Å². The number of hydrogen-bond acceptors (Lipinski definition) is 13. The summed E-state index contributed by atoms with van der Waals surface area (Å²) in [5.74, 6) is 0. The Morgan fingerprint density at radius 3 is 1.46 bits per heavy atom. The molecule has 0 bridgehead atoms. The van der Waals surface area contributed by atoms with Crippen LogP contribution in [0.15, 0.2) is 132 Å². The number of pyridine rings is 2. The predicted octanol–water partition coefficient (Wildman–Crippen LogP) is 10.7. The minimum Gasteiger partial charge on any atom is -0.444 e. The first-order valence-corrected chi connectivity index (χ1v) is 24.6. The molecule has 0 N–H and O–H groups in total. The minimum absolute atomic E-state index is 0.0598. The summed E-state index contributed by atoms with van der Waals surface area (Å²) in [6, 6.07) is 26.1. The van der Waals surface area contributed by atoms with E-state index in [1.807, 2.05) is 30.3 Å². The molecule has 4 aromatic heterocycles. The van der Waals surface area contributed by atoms with Crippen molar-refractivity contribution < 1.29 is 35.9 Å². The van der Waals surface area contributed by atoms with E-state index in [4.69, 9.17) is 9.47 Å². The fourth-order valence-electron chi connectivity index (χ4n) is 5.77. The number of carbonyl (C=O) groups excluding carboxylic acids is 2. The van der Waals surface area contributed by atoms with Crippen LogP contribution in [0, 0.1) is 11.3 Å². The van der Waals surface area contributed by atoms with Crippen molar-refractivity contribution in [3.05, 3.63) is 130 Å². The second kappa shape index (κ2) is 19.9. The maximum atomic E-state index is 13.4. The Kier molecular flexibility index (Phi) is 15.4. The highest BCUT2D eigenvalue weighted by molar-refractivity contribution is 9.10. The number of halogens is 1. The normalized spacial score (nSPS) is 11.7. The maximum absolute atomic E-state index is 13.4. The lowest BCUT2D eigenvalue weighted by Gasteiger charge is -2.24. The van der Waals surface area contributed by atoms with Crippen LogP contribution in [0.25, 0.3) is 22.3 Å². The summed E-state index contributed by atoms with van der Waals surface area (Å²) in [6.07, 6.45) is 4.68. The molecular formula is C45H46BrN5O8S4. The van der Waals surface area contributed by atoms with Crippen molar-refractivity contribution in [2.45, 2.75) is 84.0 Å². The lowest BCUT2D eigenvalue weighted by Crippen LogP contribution is -2.33. The van der Waals surface area contributed by atoms with Crippen LogP contribution < -0.4 is 0 Å². The van der Waals surface area contributed by atoms with Crippen molar-refractivity contribution in [3.8, 4) is 28.3 Å². The van der Waals surface area contributed by atoms with Crippen LogP contribution >= 0.6 is 38.6 Å². The summed E-state index contributed by atoms with van der Waals surface area (Å²) in [5.41, 5.74) is 1.37. The van der Waals surface area contributed by atoms with E-state index in [2.05, 4.69) is 32.0 Å². The van der Waals surface area contributed by atoms with Gasteiger partial charge in [-0.1, -0.05) is 52.3 Å². The van der Waals surface area contributed by atoms with Crippen molar-refractivity contribution in [3.63, 3.8) is 0 Å². The van der Waals surface area contributed by atoms with Gasteiger partial charge >= 0.3 is 12.2 Å². The summed E-state index contributed by atoms with van der Waals surface area (Å²) < 4.78 is 65.6. The second-order valence-corrected chi connectivity index (χ2v) is 23.4. The van der Waals surface area contributed by atoms with Gasteiger partial charge < -0.3 is 19.3 Å². The number of ether oxygens (including phenoxy) is 2. The van der Waals surface area contributed by atoms with Gasteiger partial charge in [-0.3, -0.25) is 9.97 Å². The van der Waals surface area contributed by atoms with Gasteiger partial charge in [-0.15, -0.1) is 22.7 Å². The molecule has 63 heavy (non-hydrogen) atoms. The van der Waals surface area contributed by atoms with Gasteiger partial charge in [-0.2, -0.15) is 5.26 Å². The molecule has 0 aliphatic carbocycles. The Labute approximate surface area is 384 Å². The topological polar surface area (TPSA) is 177 Å². The standard InChI is InChI=1S/C23H23N3O4S2.C22H23BrN2O4S2/c1-23(2,3)30-22(27)26(4)15-17-12-20(19-10-6-5-8-16(19)13-24)21(31-17)32(28,29)18-9-7-11-25-14-18;1-22(2,3)29-21(26)25(4)14-15-12-18(17-9-5-6-10-19(17)23)20(30-15)31(27,28)16-8-7-11-24-13-16/h5-12,14H,15H2,1-4H3;5-13H,14H2,1-4H3. The Morgan fingerprint density at radius 2 is 1.06 bits per heavy atom. The molecule has 6 aromatic rings. The first kappa shape index (κ1) is 48.6. The number of amides is 2. The van der Waals surface area contributed by atoms with E-state index < -0.39 is 43.1 Å². The molecule has 13 nitrogen and oxygen atoms in total. The van der Waals surface area contributed by atoms with Crippen molar-refractivity contribution in [1.82, 2.24) is 19.8 Å². The predicted molar refractivity (Wildman–Crippen MR) is 247 cm³/mol. The van der Waals surface area contributed by atoms with Gasteiger partial charge in [0.05, 0.1) is 34.5 Å². The van der Waals surface area contributed by atoms with Gasteiger partial charge in [0.2, 0.25) is 19.7 Å². The molecule has 6 rings (SSSR count). The molecule has 0 atom stereocenters. The van der Waals surface area contributed by atoms with Gasteiger partial charge in [0, 0.05) is 69.8 Å². The first-order chi connectivity index (χ1) is 29.5. The highest BCUT2D eigenvalue weighted by Crippen LogP contribution is 2.42. The van der Waals surface area contributed by atoms with Crippen LogP contribution in [0.5, 0.6) is 0 Å². The van der Waals surface area contributed by atoms with E-state index in [1.165, 1.54) is 46.7 Å². The van der Waals surface area contributed by atoms with E-state index in [1.54, 1.807) is 98.1 Å². The van der Waals surface area contributed by atoms with E-state index in [9.17, 15) is 31.7 Å². The van der Waals surface area contributed by atoms with Crippen LogP contribution in [0.3, 0.4) is 0 Å². The van der Waals surface area contributed by atoms with Crippen LogP contribution in [0.1, 0.15) is 56.9 Å². The van der Waals surface area contributed by atoms with Crippen LogP contribution in [0.4, 0.5) is 9.59 Å². The number of sulfone groups is 2. The Balaban J connectivity index is 0.000000238. The Morgan fingerprint density at radius 1 is 0.651 bits per heavy atom. The first-order valence-electron chi connectivity index (χ1n) is 19.2. The third-order valence-electron chi connectivity index (χ3n) is 8.57. The largest absolute Gasteiger partial charge is 0.444 e. The number of thiophene rings is 2. The number of aromatic nitrogens is 2. The van der Waals surface area contributed by atoms with Gasteiger partial charge in [0.1, 0.15) is 19.6 Å². The number of nitrogens with zero attached hydrogens (tertiary/aromatic N) is 5. The molecule has 0 spiro atoms. The summed E-state index contributed by atoms with van der Waals surface area (Å²) in [7, 11) is -4.48. The summed E-state index contributed by atoms with van der Waals surface area (Å²) in [5, 5.41) is 9.55. The fourth-order valence-corrected chi connectivity index (χ4v) is 12.5. The fraction of sp³-hybridized carbons (Fsp3) is 0.267. The third kappa shape index (κ3) is 12.4. The van der Waals surface area contributed by atoms with E-state index in [0.29, 0.717) is 27.1 Å². The molecule has 0 radical (unpaired) electrons. The average Bonchev–Trinajstić information content (AvgIpc) is 3.86. The molecule has 330 valence electrons. The zero-order chi connectivity index (χ0) is 46.3.